The molecule has 2 atom stereocenters. The molecule has 1 rings (SSSR count). The number of carbonyl (C=O) groups is 1. The fraction of sp³-hybridized carbons (Fsp3) is 0.833. The lowest BCUT2D eigenvalue weighted by atomic mass is 10.1. The Morgan fingerprint density at radius 1 is 1.80 bits per heavy atom. The minimum Gasteiger partial charge on any atom is -0.394 e. The molecule has 1 aliphatic rings. The third-order valence-corrected chi connectivity index (χ3v) is 1.50. The number of ketones is 1. The van der Waals surface area contributed by atoms with Crippen LogP contribution in [0.1, 0.15) is 6.42 Å². The van der Waals surface area contributed by atoms with Crippen molar-refractivity contribution in [2.75, 3.05) is 13.2 Å². The number of rotatable bonds is 2. The number of ether oxygens (including phenoxy) is 1. The van der Waals surface area contributed by atoms with E-state index in [4.69, 9.17) is 14.9 Å². The van der Waals surface area contributed by atoms with Crippen molar-refractivity contribution in [1.82, 2.24) is 0 Å². The largest absolute Gasteiger partial charge is 0.394 e. The summed E-state index contributed by atoms with van der Waals surface area (Å²) in [6, 6.07) is 0. The number of hydrogen-bond acceptors (Lipinski definition) is 4. The van der Waals surface area contributed by atoms with Crippen LogP contribution in [-0.4, -0.2) is 41.4 Å². The van der Waals surface area contributed by atoms with Crippen LogP contribution < -0.4 is 0 Å². The van der Waals surface area contributed by atoms with Crippen LogP contribution in [0, 0.1) is 0 Å². The normalized spacial score (nSPS) is 29.0. The van der Waals surface area contributed by atoms with Gasteiger partial charge in [0.2, 0.25) is 0 Å². The fourth-order valence-electron chi connectivity index (χ4n) is 0.907. The van der Waals surface area contributed by atoms with E-state index in [9.17, 15) is 4.79 Å². The first-order chi connectivity index (χ1) is 4.74. The van der Waals surface area contributed by atoms with Gasteiger partial charge in [-0.3, -0.25) is 4.79 Å². The van der Waals surface area contributed by atoms with Crippen LogP contribution in [0.4, 0.5) is 0 Å². The number of carbonyl (C=O) groups excluding carboxylic acids is 1. The molecule has 4 nitrogen and oxygen atoms in total. The van der Waals surface area contributed by atoms with Gasteiger partial charge in [-0.25, -0.2) is 0 Å². The summed E-state index contributed by atoms with van der Waals surface area (Å²) in [5.74, 6) is -0.0162. The predicted molar refractivity (Wildman–Crippen MR) is 32.5 cm³/mol. The SMILES string of the molecule is O=C1COC(C(O)CO)C1. The summed E-state index contributed by atoms with van der Waals surface area (Å²) in [4.78, 5) is 10.6. The van der Waals surface area contributed by atoms with Gasteiger partial charge in [0.15, 0.2) is 5.78 Å². The van der Waals surface area contributed by atoms with E-state index in [0.717, 1.165) is 0 Å². The first-order valence-corrected chi connectivity index (χ1v) is 3.16. The Balaban J connectivity index is 2.36. The van der Waals surface area contributed by atoms with Crippen molar-refractivity contribution < 1.29 is 19.7 Å². The first-order valence-electron chi connectivity index (χ1n) is 3.16. The van der Waals surface area contributed by atoms with Gasteiger partial charge in [-0.1, -0.05) is 0 Å². The van der Waals surface area contributed by atoms with Crippen LogP contribution in [0.25, 0.3) is 0 Å². The second kappa shape index (κ2) is 3.09. The van der Waals surface area contributed by atoms with Crippen molar-refractivity contribution in [1.29, 1.82) is 0 Å². The van der Waals surface area contributed by atoms with Gasteiger partial charge in [-0.05, 0) is 0 Å². The first kappa shape index (κ1) is 7.65. The Kier molecular flexibility index (Phi) is 2.37. The minimum absolute atomic E-state index is 0.0162. The van der Waals surface area contributed by atoms with Crippen LogP contribution >= 0.6 is 0 Å². The minimum atomic E-state index is -0.911. The van der Waals surface area contributed by atoms with Crippen LogP contribution in [0.15, 0.2) is 0 Å². The molecule has 0 aromatic carbocycles. The molecule has 0 aromatic heterocycles. The van der Waals surface area contributed by atoms with Crippen molar-refractivity contribution in [2.24, 2.45) is 0 Å². The summed E-state index contributed by atoms with van der Waals surface area (Å²) >= 11 is 0. The van der Waals surface area contributed by atoms with E-state index in [0.29, 0.717) is 0 Å². The molecule has 4 heteroatoms. The van der Waals surface area contributed by atoms with E-state index in [1.54, 1.807) is 0 Å². The highest BCUT2D eigenvalue weighted by Gasteiger charge is 2.28. The Hall–Kier alpha value is -0.450. The number of aliphatic hydroxyl groups excluding tert-OH is 2. The Morgan fingerprint density at radius 2 is 2.50 bits per heavy atom. The fourth-order valence-corrected chi connectivity index (χ4v) is 0.907. The summed E-state index contributed by atoms with van der Waals surface area (Å²) in [5.41, 5.74) is 0. The van der Waals surface area contributed by atoms with Crippen LogP contribution in [0.5, 0.6) is 0 Å². The molecule has 0 bridgehead atoms. The zero-order valence-electron chi connectivity index (χ0n) is 5.49. The molecule has 2 unspecified atom stereocenters. The summed E-state index contributed by atoms with van der Waals surface area (Å²) in [7, 11) is 0. The zero-order chi connectivity index (χ0) is 7.56. The molecule has 0 radical (unpaired) electrons. The molecule has 0 aromatic rings. The molecule has 0 amide bonds. The molecule has 0 saturated carbocycles. The molecule has 0 spiro atoms. The van der Waals surface area contributed by atoms with E-state index in [1.807, 2.05) is 0 Å². The van der Waals surface area contributed by atoms with Gasteiger partial charge in [0.05, 0.1) is 12.7 Å². The van der Waals surface area contributed by atoms with Gasteiger partial charge in [-0.15, -0.1) is 0 Å². The standard InChI is InChI=1S/C6H10O4/c7-2-5(9)6-1-4(8)3-10-6/h5-7,9H,1-3H2. The Morgan fingerprint density at radius 3 is 2.90 bits per heavy atom. The van der Waals surface area contributed by atoms with E-state index in [-0.39, 0.29) is 25.4 Å². The van der Waals surface area contributed by atoms with Crippen molar-refractivity contribution in [3.05, 3.63) is 0 Å². The lowest BCUT2D eigenvalue weighted by molar-refractivity contribution is -0.117. The molecule has 2 N–H and O–H groups in total. The third-order valence-electron chi connectivity index (χ3n) is 1.50. The predicted octanol–water partition coefficient (Wildman–Crippen LogP) is -1.30. The van der Waals surface area contributed by atoms with Crippen LogP contribution in [0.3, 0.4) is 0 Å². The van der Waals surface area contributed by atoms with Crippen molar-refractivity contribution in [3.63, 3.8) is 0 Å². The third kappa shape index (κ3) is 1.53. The molecule has 1 heterocycles. The van der Waals surface area contributed by atoms with Gasteiger partial charge < -0.3 is 14.9 Å². The van der Waals surface area contributed by atoms with Crippen molar-refractivity contribution >= 4 is 5.78 Å². The zero-order valence-corrected chi connectivity index (χ0v) is 5.49. The van der Waals surface area contributed by atoms with E-state index in [2.05, 4.69) is 0 Å². The van der Waals surface area contributed by atoms with E-state index < -0.39 is 12.2 Å². The average Bonchev–Trinajstić information content (AvgIpc) is 2.34. The summed E-state index contributed by atoms with van der Waals surface area (Å²) < 4.78 is 4.86. The maximum Gasteiger partial charge on any atom is 0.161 e. The van der Waals surface area contributed by atoms with Crippen LogP contribution in [-0.2, 0) is 9.53 Å². The number of Topliss-reactive ketones (excluding diaryl/α,β-unsaturated/α-hetero) is 1. The van der Waals surface area contributed by atoms with Gasteiger partial charge >= 0.3 is 0 Å². The highest BCUT2D eigenvalue weighted by Crippen LogP contribution is 2.12. The second-order valence-corrected chi connectivity index (χ2v) is 2.34. The van der Waals surface area contributed by atoms with Crippen molar-refractivity contribution in [2.45, 2.75) is 18.6 Å². The molecular weight excluding hydrogens is 136 g/mol. The monoisotopic (exact) mass is 146 g/mol. The number of hydrogen-bond donors (Lipinski definition) is 2. The van der Waals surface area contributed by atoms with E-state index >= 15 is 0 Å². The average molecular weight is 146 g/mol. The molecule has 0 aliphatic carbocycles. The lowest BCUT2D eigenvalue weighted by Gasteiger charge is -2.12. The van der Waals surface area contributed by atoms with Crippen molar-refractivity contribution in [3.8, 4) is 0 Å². The quantitative estimate of drug-likeness (QED) is 0.508. The Labute approximate surface area is 58.4 Å². The van der Waals surface area contributed by atoms with Gasteiger partial charge in [-0.2, -0.15) is 0 Å². The summed E-state index contributed by atoms with van der Waals surface area (Å²) in [6.07, 6.45) is -1.18. The molecule has 58 valence electrons. The topological polar surface area (TPSA) is 66.8 Å². The number of aliphatic hydroxyl groups is 2. The Bertz CT molecular complexity index is 134. The smallest absolute Gasteiger partial charge is 0.161 e. The highest BCUT2D eigenvalue weighted by molar-refractivity contribution is 5.81. The molecule has 1 aliphatic heterocycles. The van der Waals surface area contributed by atoms with Gasteiger partial charge in [0.25, 0.3) is 0 Å². The molecule has 1 saturated heterocycles. The lowest BCUT2D eigenvalue weighted by Crippen LogP contribution is -2.28. The highest BCUT2D eigenvalue weighted by atomic mass is 16.5. The maximum atomic E-state index is 10.6. The summed E-state index contributed by atoms with van der Waals surface area (Å²) in [6.45, 7) is -0.278. The molecule has 10 heavy (non-hydrogen) atoms. The van der Waals surface area contributed by atoms with Crippen LogP contribution in [0.2, 0.25) is 0 Å². The van der Waals surface area contributed by atoms with E-state index in [1.165, 1.54) is 0 Å². The second-order valence-electron chi connectivity index (χ2n) is 2.34. The van der Waals surface area contributed by atoms with Gasteiger partial charge in [0, 0.05) is 6.42 Å². The molecule has 1 fully saturated rings. The maximum absolute atomic E-state index is 10.6. The van der Waals surface area contributed by atoms with Gasteiger partial charge in [0.1, 0.15) is 12.7 Å². The summed E-state index contributed by atoms with van der Waals surface area (Å²) in [5, 5.41) is 17.4. The molecular formula is C6H10O4.